The fraction of sp³-hybridized carbons (Fsp3) is 0.278. The van der Waals surface area contributed by atoms with Crippen LogP contribution in [0.4, 0.5) is 0 Å². The molecule has 126 valence electrons. The van der Waals surface area contributed by atoms with Crippen LogP contribution in [-0.4, -0.2) is 29.4 Å². The maximum Gasteiger partial charge on any atom is 0.253 e. The molecule has 2 amide bonds. The zero-order valence-corrected chi connectivity index (χ0v) is 15.5. The van der Waals surface area contributed by atoms with Gasteiger partial charge in [-0.3, -0.25) is 14.6 Å². The maximum atomic E-state index is 12.2. The molecule has 24 heavy (non-hydrogen) atoms. The summed E-state index contributed by atoms with van der Waals surface area (Å²) in [5, 5.41) is 5.34. The lowest BCUT2D eigenvalue weighted by atomic mass is 10.1. The number of hydrogen-bond donors (Lipinski definition) is 2. The van der Waals surface area contributed by atoms with Gasteiger partial charge in [-0.25, -0.2) is 0 Å². The smallest absolute Gasteiger partial charge is 0.253 e. The van der Waals surface area contributed by atoms with E-state index in [1.54, 1.807) is 19.1 Å². The molecule has 0 bridgehead atoms. The largest absolute Gasteiger partial charge is 0.352 e. The van der Waals surface area contributed by atoms with Gasteiger partial charge in [0.25, 0.3) is 5.91 Å². The molecule has 0 fully saturated rings. The summed E-state index contributed by atoms with van der Waals surface area (Å²) >= 11 is 3.44. The van der Waals surface area contributed by atoms with Crippen molar-refractivity contribution in [2.75, 3.05) is 6.54 Å². The second-order valence-electron chi connectivity index (χ2n) is 5.74. The predicted molar refractivity (Wildman–Crippen MR) is 97.7 cm³/mol. The van der Waals surface area contributed by atoms with Crippen LogP contribution in [0.25, 0.3) is 11.3 Å². The third-order valence-corrected chi connectivity index (χ3v) is 3.80. The van der Waals surface area contributed by atoms with Gasteiger partial charge in [0.1, 0.15) is 0 Å². The molecule has 2 rings (SSSR count). The average Bonchev–Trinajstić information content (AvgIpc) is 2.52. The monoisotopic (exact) mass is 389 g/mol. The Balaban J connectivity index is 2.09. The summed E-state index contributed by atoms with van der Waals surface area (Å²) in [5.41, 5.74) is 2.85. The molecule has 5 nitrogen and oxygen atoms in total. The minimum absolute atomic E-state index is 0.0438. The lowest BCUT2D eigenvalue weighted by molar-refractivity contribution is -0.120. The Morgan fingerprint density at radius 3 is 2.58 bits per heavy atom. The van der Waals surface area contributed by atoms with E-state index in [1.807, 2.05) is 38.1 Å². The van der Waals surface area contributed by atoms with Gasteiger partial charge < -0.3 is 10.6 Å². The van der Waals surface area contributed by atoms with Gasteiger partial charge in [-0.2, -0.15) is 0 Å². The van der Waals surface area contributed by atoms with Gasteiger partial charge in [0.05, 0.1) is 23.5 Å². The van der Waals surface area contributed by atoms with Crippen molar-refractivity contribution in [1.82, 2.24) is 15.6 Å². The highest BCUT2D eigenvalue weighted by atomic mass is 79.9. The van der Waals surface area contributed by atoms with Crippen LogP contribution in [0.3, 0.4) is 0 Å². The first-order valence-electron chi connectivity index (χ1n) is 7.68. The Bertz CT molecular complexity index is 760. The summed E-state index contributed by atoms with van der Waals surface area (Å²) in [6.45, 7) is 5.47. The number of hydrogen-bond acceptors (Lipinski definition) is 3. The zero-order valence-electron chi connectivity index (χ0n) is 13.9. The molecule has 0 unspecified atom stereocenters. The number of carbonyl (C=O) groups excluding carboxylic acids is 2. The molecule has 0 radical (unpaired) electrons. The molecule has 1 heterocycles. The highest BCUT2D eigenvalue weighted by Crippen LogP contribution is 2.22. The normalized spacial score (nSPS) is 10.5. The molecule has 0 saturated carbocycles. The lowest BCUT2D eigenvalue weighted by Crippen LogP contribution is -2.40. The Hall–Kier alpha value is -2.21. The summed E-state index contributed by atoms with van der Waals surface area (Å²) in [6.07, 6.45) is 0. The average molecular weight is 390 g/mol. The molecular weight excluding hydrogens is 370 g/mol. The first-order chi connectivity index (χ1) is 11.4. The maximum absolute atomic E-state index is 12.2. The van der Waals surface area contributed by atoms with E-state index in [1.165, 1.54) is 0 Å². The van der Waals surface area contributed by atoms with E-state index in [0.717, 1.165) is 15.7 Å². The first kappa shape index (κ1) is 18.1. The number of nitrogens with zero attached hydrogens (tertiary/aromatic N) is 1. The van der Waals surface area contributed by atoms with Crippen molar-refractivity contribution in [3.63, 3.8) is 0 Å². The number of benzene rings is 1. The molecule has 0 saturated heterocycles. The van der Waals surface area contributed by atoms with Crippen molar-refractivity contribution >= 4 is 27.7 Å². The van der Waals surface area contributed by atoms with Gasteiger partial charge >= 0.3 is 0 Å². The molecular formula is C18H20BrN3O2. The number of aryl methyl sites for hydroxylation is 1. The van der Waals surface area contributed by atoms with E-state index in [0.29, 0.717) is 11.3 Å². The van der Waals surface area contributed by atoms with Crippen molar-refractivity contribution < 1.29 is 9.59 Å². The summed E-state index contributed by atoms with van der Waals surface area (Å²) in [5.74, 6) is -0.519. The molecule has 0 spiro atoms. The molecule has 1 aromatic heterocycles. The van der Waals surface area contributed by atoms with Crippen molar-refractivity contribution in [2.24, 2.45) is 0 Å². The van der Waals surface area contributed by atoms with Crippen LogP contribution >= 0.6 is 15.9 Å². The number of nitrogens with one attached hydrogen (secondary N) is 2. The molecule has 2 aromatic rings. The standard InChI is InChI=1S/C18H20BrN3O2/c1-11(2)21-17(23)10-20-18(24)15-7-8-16(22-12(15)3)13-5-4-6-14(19)9-13/h4-9,11H,10H2,1-3H3,(H,20,24)(H,21,23). The fourth-order valence-corrected chi connectivity index (χ4v) is 2.64. The van der Waals surface area contributed by atoms with Crippen molar-refractivity contribution in [3.8, 4) is 11.3 Å². The van der Waals surface area contributed by atoms with Crippen molar-refractivity contribution in [1.29, 1.82) is 0 Å². The molecule has 0 aliphatic heterocycles. The van der Waals surface area contributed by atoms with Gasteiger partial charge in [0, 0.05) is 16.1 Å². The lowest BCUT2D eigenvalue weighted by Gasteiger charge is -2.11. The quantitative estimate of drug-likeness (QED) is 0.825. The van der Waals surface area contributed by atoms with Crippen LogP contribution in [0.1, 0.15) is 29.9 Å². The minimum Gasteiger partial charge on any atom is -0.352 e. The van der Waals surface area contributed by atoms with Crippen LogP contribution in [-0.2, 0) is 4.79 Å². The number of pyridine rings is 1. The highest BCUT2D eigenvalue weighted by molar-refractivity contribution is 9.10. The van der Waals surface area contributed by atoms with Crippen molar-refractivity contribution in [2.45, 2.75) is 26.8 Å². The van der Waals surface area contributed by atoms with Crippen LogP contribution in [0.5, 0.6) is 0 Å². The minimum atomic E-state index is -0.306. The summed E-state index contributed by atoms with van der Waals surface area (Å²) in [4.78, 5) is 28.3. The summed E-state index contributed by atoms with van der Waals surface area (Å²) in [7, 11) is 0. The molecule has 1 aromatic carbocycles. The van der Waals surface area contributed by atoms with Crippen molar-refractivity contribution in [3.05, 3.63) is 52.1 Å². The van der Waals surface area contributed by atoms with Crippen LogP contribution < -0.4 is 10.6 Å². The number of rotatable bonds is 5. The van der Waals surface area contributed by atoms with Gasteiger partial charge in [-0.15, -0.1) is 0 Å². The third-order valence-electron chi connectivity index (χ3n) is 3.31. The Morgan fingerprint density at radius 1 is 1.21 bits per heavy atom. The molecule has 0 aliphatic carbocycles. The van der Waals surface area contributed by atoms with Gasteiger partial charge in [0.15, 0.2) is 0 Å². The fourth-order valence-electron chi connectivity index (χ4n) is 2.24. The van der Waals surface area contributed by atoms with E-state index in [4.69, 9.17) is 0 Å². The van der Waals surface area contributed by atoms with Gasteiger partial charge in [0.2, 0.25) is 5.91 Å². The number of amides is 2. The summed E-state index contributed by atoms with van der Waals surface area (Å²) in [6, 6.07) is 11.4. The first-order valence-corrected chi connectivity index (χ1v) is 8.47. The number of halogens is 1. The second-order valence-corrected chi connectivity index (χ2v) is 6.66. The predicted octanol–water partition coefficient (Wildman–Crippen LogP) is 3.07. The molecule has 0 aliphatic rings. The van der Waals surface area contributed by atoms with Crippen LogP contribution in [0.15, 0.2) is 40.9 Å². The van der Waals surface area contributed by atoms with E-state index in [2.05, 4.69) is 31.5 Å². The van der Waals surface area contributed by atoms with Gasteiger partial charge in [-0.1, -0.05) is 28.1 Å². The van der Waals surface area contributed by atoms with E-state index in [-0.39, 0.29) is 24.4 Å². The SMILES string of the molecule is Cc1nc(-c2cccc(Br)c2)ccc1C(=O)NCC(=O)NC(C)C. The third kappa shape index (κ3) is 4.89. The number of aromatic nitrogens is 1. The van der Waals surface area contributed by atoms with E-state index >= 15 is 0 Å². The Morgan fingerprint density at radius 2 is 1.96 bits per heavy atom. The summed E-state index contributed by atoms with van der Waals surface area (Å²) < 4.78 is 0.970. The Labute approximate surface area is 150 Å². The Kier molecular flexibility index (Phi) is 6.09. The van der Waals surface area contributed by atoms with E-state index in [9.17, 15) is 9.59 Å². The van der Waals surface area contributed by atoms with Crippen LogP contribution in [0.2, 0.25) is 0 Å². The van der Waals surface area contributed by atoms with E-state index < -0.39 is 0 Å². The number of carbonyl (C=O) groups is 2. The molecule has 0 atom stereocenters. The van der Waals surface area contributed by atoms with Gasteiger partial charge in [-0.05, 0) is 45.0 Å². The van der Waals surface area contributed by atoms with Crippen LogP contribution in [0, 0.1) is 6.92 Å². The second kappa shape index (κ2) is 8.06. The topological polar surface area (TPSA) is 71.1 Å². The molecule has 6 heteroatoms. The zero-order chi connectivity index (χ0) is 17.7. The highest BCUT2D eigenvalue weighted by Gasteiger charge is 2.13. The molecule has 2 N–H and O–H groups in total.